The van der Waals surface area contributed by atoms with E-state index in [1.54, 1.807) is 0 Å². The molecule has 14 heavy (non-hydrogen) atoms. The van der Waals surface area contributed by atoms with E-state index in [0.717, 1.165) is 0 Å². The highest BCUT2D eigenvalue weighted by Gasteiger charge is 2.16. The summed E-state index contributed by atoms with van der Waals surface area (Å²) in [6.07, 6.45) is 0. The molecule has 0 fully saturated rings. The highest BCUT2D eigenvalue weighted by Crippen LogP contribution is 2.26. The second-order valence-electron chi connectivity index (χ2n) is 2.90. The second kappa shape index (κ2) is 6.79. The fourth-order valence-corrected chi connectivity index (χ4v) is 0.637. The van der Waals surface area contributed by atoms with Gasteiger partial charge in [0.1, 0.15) is 0 Å². The highest BCUT2D eigenvalue weighted by atomic mass is 35.6. The molecule has 0 aliphatic heterocycles. The molecule has 1 aromatic rings. The summed E-state index contributed by atoms with van der Waals surface area (Å²) >= 11 is 20.4. The van der Waals surface area contributed by atoms with Gasteiger partial charge in [0, 0.05) is 0 Å². The quantitative estimate of drug-likeness (QED) is 0.590. The minimum absolute atomic E-state index is 0.0394. The monoisotopic (exact) mass is 272 g/mol. The molecule has 1 aromatic carbocycles. The molecule has 0 radical (unpaired) electrons. The molecule has 1 rings (SSSR count). The molecule has 0 aliphatic rings. The Morgan fingerprint density at radius 1 is 0.929 bits per heavy atom. The summed E-state index contributed by atoms with van der Waals surface area (Å²) in [5.41, 5.74) is 2.66. The lowest BCUT2D eigenvalue weighted by atomic mass is 10.2. The lowest BCUT2D eigenvalue weighted by molar-refractivity contribution is 1.28. The molecule has 0 saturated heterocycles. The van der Waals surface area contributed by atoms with E-state index in [4.69, 9.17) is 46.4 Å². The van der Waals surface area contributed by atoms with Crippen molar-refractivity contribution < 1.29 is 0 Å². The molecule has 4 heteroatoms. The maximum absolute atomic E-state index is 5.12. The SMILES string of the molecule is Cc1ccc(C)cc1.ClCC(Cl)(Cl)Cl. The fourth-order valence-electron chi connectivity index (χ4n) is 0.637. The summed E-state index contributed by atoms with van der Waals surface area (Å²) in [6, 6.07) is 8.48. The van der Waals surface area contributed by atoms with Gasteiger partial charge in [0.15, 0.2) is 0 Å². The van der Waals surface area contributed by atoms with Crippen LogP contribution >= 0.6 is 46.4 Å². The summed E-state index contributed by atoms with van der Waals surface area (Å²) in [6.45, 7) is 4.19. The number of alkyl halides is 4. The largest absolute Gasteiger partial charge is 0.203 e. The predicted molar refractivity (Wildman–Crippen MR) is 66.9 cm³/mol. The van der Waals surface area contributed by atoms with Crippen molar-refractivity contribution in [2.45, 2.75) is 17.6 Å². The van der Waals surface area contributed by atoms with Crippen molar-refractivity contribution in [3.8, 4) is 0 Å². The standard InChI is InChI=1S/C8H10.C2H2Cl4/c1-7-3-5-8(2)6-4-7;3-1-2(4,5)6/h3-6H,1-2H3;1H2. The first kappa shape index (κ1) is 14.4. The molecule has 0 unspecified atom stereocenters. The van der Waals surface area contributed by atoms with Crippen LogP contribution in [0.4, 0.5) is 0 Å². The van der Waals surface area contributed by atoms with Crippen molar-refractivity contribution in [1.29, 1.82) is 0 Å². The molecule has 0 amide bonds. The number of halogens is 4. The van der Waals surface area contributed by atoms with Crippen LogP contribution in [0.3, 0.4) is 0 Å². The zero-order chi connectivity index (χ0) is 11.2. The van der Waals surface area contributed by atoms with Crippen LogP contribution in [0.1, 0.15) is 11.1 Å². The molecule has 80 valence electrons. The predicted octanol–water partition coefficient (Wildman–Crippen LogP) is 4.90. The third kappa shape index (κ3) is 8.96. The van der Waals surface area contributed by atoms with Gasteiger partial charge in [-0.3, -0.25) is 0 Å². The van der Waals surface area contributed by atoms with E-state index in [-0.39, 0.29) is 5.88 Å². The van der Waals surface area contributed by atoms with Gasteiger partial charge in [-0.15, -0.1) is 11.6 Å². The van der Waals surface area contributed by atoms with Gasteiger partial charge in [-0.05, 0) is 13.8 Å². The van der Waals surface area contributed by atoms with E-state index in [2.05, 4.69) is 38.1 Å². The molecule has 0 nitrogen and oxygen atoms in total. The number of aryl methyl sites for hydroxylation is 2. The number of rotatable bonds is 0. The van der Waals surface area contributed by atoms with Gasteiger partial charge in [-0.2, -0.15) is 0 Å². The van der Waals surface area contributed by atoms with E-state index < -0.39 is 3.79 Å². The van der Waals surface area contributed by atoms with Crippen LogP contribution in [0.5, 0.6) is 0 Å². The van der Waals surface area contributed by atoms with Gasteiger partial charge in [-0.1, -0.05) is 70.2 Å². The first-order chi connectivity index (χ1) is 6.35. The lowest BCUT2D eigenvalue weighted by Crippen LogP contribution is -2.01. The Labute approximate surface area is 105 Å². The van der Waals surface area contributed by atoms with Crippen LogP contribution in [-0.2, 0) is 0 Å². The third-order valence-corrected chi connectivity index (χ3v) is 2.58. The summed E-state index contributed by atoms with van der Waals surface area (Å²) < 4.78 is -1.28. The second-order valence-corrected chi connectivity index (χ2v) is 5.69. The van der Waals surface area contributed by atoms with Gasteiger partial charge >= 0.3 is 0 Å². The first-order valence-corrected chi connectivity index (χ1v) is 5.68. The zero-order valence-electron chi connectivity index (χ0n) is 8.03. The molecular formula is C10H12Cl4. The van der Waals surface area contributed by atoms with Gasteiger partial charge < -0.3 is 0 Å². The van der Waals surface area contributed by atoms with E-state index in [9.17, 15) is 0 Å². The lowest BCUT2D eigenvalue weighted by Gasteiger charge is -2.00. The minimum Gasteiger partial charge on any atom is -0.122 e. The average molecular weight is 274 g/mol. The molecule has 0 aromatic heterocycles. The molecule has 0 atom stereocenters. The van der Waals surface area contributed by atoms with Crippen LogP contribution in [0.25, 0.3) is 0 Å². The topological polar surface area (TPSA) is 0 Å². The van der Waals surface area contributed by atoms with Crippen molar-refractivity contribution >= 4 is 46.4 Å². The molecule has 0 spiro atoms. The highest BCUT2D eigenvalue weighted by molar-refractivity contribution is 6.69. The Kier molecular flexibility index (Phi) is 6.97. The minimum atomic E-state index is -1.28. The van der Waals surface area contributed by atoms with E-state index in [1.807, 2.05) is 0 Å². The van der Waals surface area contributed by atoms with Crippen molar-refractivity contribution in [3.05, 3.63) is 35.4 Å². The van der Waals surface area contributed by atoms with Gasteiger partial charge in [-0.25, -0.2) is 0 Å². The maximum Gasteiger partial charge on any atom is 0.203 e. The number of benzene rings is 1. The zero-order valence-corrected chi connectivity index (χ0v) is 11.1. The Balaban J connectivity index is 0.000000255. The number of hydrogen-bond donors (Lipinski definition) is 0. The normalized spacial score (nSPS) is 10.4. The van der Waals surface area contributed by atoms with Crippen molar-refractivity contribution in [1.82, 2.24) is 0 Å². The Bertz CT molecular complexity index is 227. The molecule has 0 heterocycles. The van der Waals surface area contributed by atoms with E-state index in [0.29, 0.717) is 0 Å². The summed E-state index contributed by atoms with van der Waals surface area (Å²) in [5.74, 6) is 0.0394. The first-order valence-electron chi connectivity index (χ1n) is 4.01. The van der Waals surface area contributed by atoms with Crippen LogP contribution in [0.2, 0.25) is 0 Å². The molecule has 0 aliphatic carbocycles. The van der Waals surface area contributed by atoms with Crippen molar-refractivity contribution in [3.63, 3.8) is 0 Å². The third-order valence-electron chi connectivity index (χ3n) is 1.37. The fraction of sp³-hybridized carbons (Fsp3) is 0.400. The smallest absolute Gasteiger partial charge is 0.122 e. The summed E-state index contributed by atoms with van der Waals surface area (Å²) in [5, 5.41) is 0. The van der Waals surface area contributed by atoms with E-state index in [1.165, 1.54) is 11.1 Å². The maximum atomic E-state index is 5.12. The molecule has 0 N–H and O–H groups in total. The molecular weight excluding hydrogens is 262 g/mol. The van der Waals surface area contributed by atoms with Gasteiger partial charge in [0.25, 0.3) is 0 Å². The van der Waals surface area contributed by atoms with Crippen LogP contribution in [-0.4, -0.2) is 9.67 Å². The van der Waals surface area contributed by atoms with E-state index >= 15 is 0 Å². The summed E-state index contributed by atoms with van der Waals surface area (Å²) in [4.78, 5) is 0. The van der Waals surface area contributed by atoms with Crippen LogP contribution in [0, 0.1) is 13.8 Å². The number of hydrogen-bond acceptors (Lipinski definition) is 0. The Morgan fingerprint density at radius 3 is 1.29 bits per heavy atom. The van der Waals surface area contributed by atoms with Crippen LogP contribution in [0.15, 0.2) is 24.3 Å². The Hall–Kier alpha value is 0.380. The van der Waals surface area contributed by atoms with Gasteiger partial charge in [0.2, 0.25) is 3.79 Å². The van der Waals surface area contributed by atoms with Gasteiger partial charge in [0.05, 0.1) is 5.88 Å². The Morgan fingerprint density at radius 2 is 1.14 bits per heavy atom. The summed E-state index contributed by atoms with van der Waals surface area (Å²) in [7, 11) is 0. The van der Waals surface area contributed by atoms with Crippen molar-refractivity contribution in [2.24, 2.45) is 0 Å². The molecule has 0 saturated carbocycles. The van der Waals surface area contributed by atoms with Crippen LogP contribution < -0.4 is 0 Å². The average Bonchev–Trinajstić information content (AvgIpc) is 2.10. The molecule has 0 bridgehead atoms. The van der Waals surface area contributed by atoms with Crippen molar-refractivity contribution in [2.75, 3.05) is 5.88 Å².